The lowest BCUT2D eigenvalue weighted by molar-refractivity contribution is -0.143. The second-order valence-electron chi connectivity index (χ2n) is 5.37. The summed E-state index contributed by atoms with van der Waals surface area (Å²) >= 11 is 0. The number of imidazole rings is 1. The van der Waals surface area contributed by atoms with Gasteiger partial charge >= 0.3 is 5.97 Å². The topological polar surface area (TPSA) is 56.2 Å². The number of ether oxygens (including phenoxy) is 1. The van der Waals surface area contributed by atoms with Crippen LogP contribution in [0.1, 0.15) is 38.8 Å². The molecular formula is C14H23N3O2. The Kier molecular flexibility index (Phi) is 4.58. The Morgan fingerprint density at radius 3 is 3.16 bits per heavy atom. The van der Waals surface area contributed by atoms with Gasteiger partial charge in [-0.05, 0) is 26.3 Å². The lowest BCUT2D eigenvalue weighted by Gasteiger charge is -2.24. The minimum atomic E-state index is -0.113. The fourth-order valence-corrected chi connectivity index (χ4v) is 2.66. The Bertz CT molecular complexity index is 422. The van der Waals surface area contributed by atoms with Crippen LogP contribution in [-0.2, 0) is 21.5 Å². The molecule has 1 aliphatic rings. The van der Waals surface area contributed by atoms with Gasteiger partial charge in [0.2, 0.25) is 0 Å². The van der Waals surface area contributed by atoms with Crippen molar-refractivity contribution in [2.24, 2.45) is 0 Å². The summed E-state index contributed by atoms with van der Waals surface area (Å²) in [6, 6.07) is 0. The highest BCUT2D eigenvalue weighted by molar-refractivity contribution is 5.69. The van der Waals surface area contributed by atoms with E-state index in [1.807, 2.05) is 19.4 Å². The summed E-state index contributed by atoms with van der Waals surface area (Å²) in [5.74, 6) is -0.113. The van der Waals surface area contributed by atoms with Crippen molar-refractivity contribution in [3.05, 3.63) is 18.2 Å². The van der Waals surface area contributed by atoms with Crippen LogP contribution in [0.3, 0.4) is 0 Å². The largest absolute Gasteiger partial charge is 0.466 e. The maximum atomic E-state index is 11.3. The van der Waals surface area contributed by atoms with E-state index in [2.05, 4.69) is 21.8 Å². The van der Waals surface area contributed by atoms with E-state index in [-0.39, 0.29) is 11.4 Å². The molecule has 0 spiro atoms. The molecular weight excluding hydrogens is 242 g/mol. The van der Waals surface area contributed by atoms with Crippen LogP contribution in [0.4, 0.5) is 0 Å². The normalized spacial score (nSPS) is 22.6. The molecule has 19 heavy (non-hydrogen) atoms. The van der Waals surface area contributed by atoms with Gasteiger partial charge in [-0.15, -0.1) is 0 Å². The molecule has 106 valence electrons. The first-order valence-corrected chi connectivity index (χ1v) is 7.02. The maximum absolute atomic E-state index is 11.3. The number of esters is 1. The van der Waals surface area contributed by atoms with E-state index in [1.165, 1.54) is 5.69 Å². The lowest BCUT2D eigenvalue weighted by atomic mass is 9.86. The zero-order chi connectivity index (χ0) is 13.7. The van der Waals surface area contributed by atoms with Crippen molar-refractivity contribution < 1.29 is 9.53 Å². The third-order valence-corrected chi connectivity index (χ3v) is 3.78. The number of carbonyl (C=O) groups excluding carboxylic acids is 1. The second-order valence-corrected chi connectivity index (χ2v) is 5.37. The third kappa shape index (κ3) is 3.35. The molecule has 0 aromatic carbocycles. The van der Waals surface area contributed by atoms with E-state index in [0.717, 1.165) is 32.5 Å². The standard InChI is InChI=1S/C14H23N3O2/c1-3-19-13(18)5-4-8-17-11-16-9-12(17)14(2)6-7-15-10-14/h9,11,15H,3-8,10H2,1-2H3. The van der Waals surface area contributed by atoms with Crippen molar-refractivity contribution >= 4 is 5.97 Å². The van der Waals surface area contributed by atoms with E-state index in [4.69, 9.17) is 4.74 Å². The molecule has 0 bridgehead atoms. The number of hydrogen-bond acceptors (Lipinski definition) is 4. The van der Waals surface area contributed by atoms with Gasteiger partial charge in [-0.25, -0.2) is 4.98 Å². The molecule has 5 heteroatoms. The molecule has 0 saturated carbocycles. The second kappa shape index (κ2) is 6.19. The highest BCUT2D eigenvalue weighted by Gasteiger charge is 2.33. The molecule has 0 amide bonds. The van der Waals surface area contributed by atoms with Gasteiger partial charge in [0.25, 0.3) is 0 Å². The molecule has 2 heterocycles. The zero-order valence-electron chi connectivity index (χ0n) is 11.8. The maximum Gasteiger partial charge on any atom is 0.305 e. The van der Waals surface area contributed by atoms with Crippen molar-refractivity contribution in [3.8, 4) is 0 Å². The van der Waals surface area contributed by atoms with Crippen LogP contribution in [0, 0.1) is 0 Å². The average Bonchev–Trinajstić information content (AvgIpc) is 2.99. The van der Waals surface area contributed by atoms with Gasteiger partial charge in [0.05, 0.1) is 12.9 Å². The molecule has 2 rings (SSSR count). The minimum absolute atomic E-state index is 0.113. The zero-order valence-corrected chi connectivity index (χ0v) is 11.8. The number of carbonyl (C=O) groups is 1. The molecule has 1 aromatic rings. The lowest BCUT2D eigenvalue weighted by Crippen LogP contribution is -2.28. The van der Waals surface area contributed by atoms with Gasteiger partial charge in [0.15, 0.2) is 0 Å². The van der Waals surface area contributed by atoms with Crippen molar-refractivity contribution in [2.45, 2.75) is 45.1 Å². The van der Waals surface area contributed by atoms with Crippen LogP contribution in [0.2, 0.25) is 0 Å². The first kappa shape index (κ1) is 14.1. The summed E-state index contributed by atoms with van der Waals surface area (Å²) in [5.41, 5.74) is 1.43. The highest BCUT2D eigenvalue weighted by atomic mass is 16.5. The van der Waals surface area contributed by atoms with Gasteiger partial charge in [0.1, 0.15) is 0 Å². The van der Waals surface area contributed by atoms with Gasteiger partial charge < -0.3 is 14.6 Å². The van der Waals surface area contributed by atoms with Crippen LogP contribution >= 0.6 is 0 Å². The Labute approximate surface area is 114 Å². The van der Waals surface area contributed by atoms with E-state index >= 15 is 0 Å². The summed E-state index contributed by atoms with van der Waals surface area (Å²) in [4.78, 5) is 15.6. The first-order valence-electron chi connectivity index (χ1n) is 7.02. The summed E-state index contributed by atoms with van der Waals surface area (Å²) in [6.45, 7) is 7.44. The molecule has 5 nitrogen and oxygen atoms in total. The Morgan fingerprint density at radius 2 is 2.47 bits per heavy atom. The van der Waals surface area contributed by atoms with Gasteiger partial charge in [-0.1, -0.05) is 6.92 Å². The van der Waals surface area contributed by atoms with E-state index in [9.17, 15) is 4.79 Å². The number of hydrogen-bond donors (Lipinski definition) is 1. The Balaban J connectivity index is 1.91. The summed E-state index contributed by atoms with van der Waals surface area (Å²) < 4.78 is 7.11. The SMILES string of the molecule is CCOC(=O)CCCn1cncc1C1(C)CCNC1. The fourth-order valence-electron chi connectivity index (χ4n) is 2.66. The number of nitrogens with zero attached hydrogens (tertiary/aromatic N) is 2. The van der Waals surface area contributed by atoms with Crippen LogP contribution in [0.15, 0.2) is 12.5 Å². The number of aromatic nitrogens is 2. The molecule has 0 aliphatic carbocycles. The average molecular weight is 265 g/mol. The van der Waals surface area contributed by atoms with Crippen molar-refractivity contribution in [1.82, 2.24) is 14.9 Å². The minimum Gasteiger partial charge on any atom is -0.466 e. The van der Waals surface area contributed by atoms with Gasteiger partial charge in [-0.3, -0.25) is 4.79 Å². The first-order chi connectivity index (χ1) is 9.15. The van der Waals surface area contributed by atoms with Crippen LogP contribution in [-0.4, -0.2) is 35.2 Å². The predicted octanol–water partition coefficient (Wildman–Crippen LogP) is 1.48. The number of rotatable bonds is 6. The molecule has 1 atom stereocenters. The van der Waals surface area contributed by atoms with E-state index in [0.29, 0.717) is 13.0 Å². The van der Waals surface area contributed by atoms with Crippen molar-refractivity contribution in [1.29, 1.82) is 0 Å². The predicted molar refractivity (Wildman–Crippen MR) is 72.9 cm³/mol. The Morgan fingerprint density at radius 1 is 1.63 bits per heavy atom. The molecule has 1 aromatic heterocycles. The van der Waals surface area contributed by atoms with Crippen molar-refractivity contribution in [3.63, 3.8) is 0 Å². The molecule has 1 aliphatic heterocycles. The quantitative estimate of drug-likeness (QED) is 0.792. The summed E-state index contributed by atoms with van der Waals surface area (Å²) in [5, 5.41) is 3.40. The smallest absolute Gasteiger partial charge is 0.305 e. The molecule has 1 unspecified atom stereocenters. The van der Waals surface area contributed by atoms with E-state index < -0.39 is 0 Å². The Hall–Kier alpha value is -1.36. The van der Waals surface area contributed by atoms with Crippen LogP contribution in [0.25, 0.3) is 0 Å². The summed E-state index contributed by atoms with van der Waals surface area (Å²) in [6.07, 6.45) is 6.23. The van der Waals surface area contributed by atoms with E-state index in [1.54, 1.807) is 0 Å². The van der Waals surface area contributed by atoms with Crippen LogP contribution < -0.4 is 5.32 Å². The van der Waals surface area contributed by atoms with Gasteiger partial charge in [-0.2, -0.15) is 0 Å². The van der Waals surface area contributed by atoms with Crippen LogP contribution in [0.5, 0.6) is 0 Å². The number of aryl methyl sites for hydroxylation is 1. The molecule has 0 radical (unpaired) electrons. The monoisotopic (exact) mass is 265 g/mol. The number of nitrogens with one attached hydrogen (secondary N) is 1. The third-order valence-electron chi connectivity index (χ3n) is 3.78. The highest BCUT2D eigenvalue weighted by Crippen LogP contribution is 2.29. The van der Waals surface area contributed by atoms with Crippen molar-refractivity contribution in [2.75, 3.05) is 19.7 Å². The molecule has 1 saturated heterocycles. The molecule has 1 fully saturated rings. The fraction of sp³-hybridized carbons (Fsp3) is 0.714. The van der Waals surface area contributed by atoms with Gasteiger partial charge in [0, 0.05) is 36.8 Å². The molecule has 1 N–H and O–H groups in total. The summed E-state index contributed by atoms with van der Waals surface area (Å²) in [7, 11) is 0.